The number of rotatable bonds is 5. The van der Waals surface area contributed by atoms with Gasteiger partial charge in [-0.1, -0.05) is 27.2 Å². The Labute approximate surface area is 78.4 Å². The molecule has 4 nitrogen and oxygen atoms in total. The Morgan fingerprint density at radius 1 is 1.46 bits per heavy atom. The molecule has 0 aromatic rings. The third kappa shape index (κ3) is 2.32. The van der Waals surface area contributed by atoms with E-state index in [0.29, 0.717) is 23.7 Å². The van der Waals surface area contributed by atoms with E-state index in [1.54, 1.807) is 0 Å². The molecule has 76 valence electrons. The molecule has 0 spiro atoms. The number of hydrogen-bond donors (Lipinski definition) is 0. The van der Waals surface area contributed by atoms with Crippen LogP contribution >= 0.6 is 0 Å². The van der Waals surface area contributed by atoms with Crippen LogP contribution in [0.3, 0.4) is 0 Å². The van der Waals surface area contributed by atoms with E-state index in [-0.39, 0.29) is 6.61 Å². The molecule has 3 unspecified atom stereocenters. The van der Waals surface area contributed by atoms with Crippen molar-refractivity contribution in [1.29, 1.82) is 0 Å². The van der Waals surface area contributed by atoms with Crippen LogP contribution in [-0.4, -0.2) is 11.7 Å². The largest absolute Gasteiger partial charge is 0.314 e. The predicted molar refractivity (Wildman–Crippen MR) is 48.5 cm³/mol. The van der Waals surface area contributed by atoms with Crippen LogP contribution in [0.1, 0.15) is 27.2 Å². The first kappa shape index (κ1) is 10.3. The lowest BCUT2D eigenvalue weighted by Gasteiger charge is -2.01. The van der Waals surface area contributed by atoms with Crippen LogP contribution in [0.5, 0.6) is 0 Å². The van der Waals surface area contributed by atoms with Crippen molar-refractivity contribution in [3.63, 3.8) is 0 Å². The molecule has 1 fully saturated rings. The van der Waals surface area contributed by atoms with Crippen molar-refractivity contribution in [3.8, 4) is 0 Å². The van der Waals surface area contributed by atoms with Crippen LogP contribution in [-0.2, 0) is 4.84 Å². The average molecular weight is 187 g/mol. The maximum atomic E-state index is 9.99. The van der Waals surface area contributed by atoms with Crippen LogP contribution in [0.2, 0.25) is 0 Å². The monoisotopic (exact) mass is 187 g/mol. The highest BCUT2D eigenvalue weighted by molar-refractivity contribution is 4.97. The topological polar surface area (TPSA) is 52.4 Å². The molecule has 4 heteroatoms. The van der Waals surface area contributed by atoms with Crippen molar-refractivity contribution in [2.45, 2.75) is 27.2 Å². The first-order valence-electron chi connectivity index (χ1n) is 4.85. The third-order valence-corrected chi connectivity index (χ3v) is 3.01. The summed E-state index contributed by atoms with van der Waals surface area (Å²) in [4.78, 5) is 14.4. The second-order valence-corrected chi connectivity index (χ2v) is 4.08. The minimum Gasteiger partial charge on any atom is -0.314 e. The van der Waals surface area contributed by atoms with Crippen LogP contribution in [0.25, 0.3) is 0 Å². The Bertz CT molecular complexity index is 193. The van der Waals surface area contributed by atoms with Crippen LogP contribution in [0.15, 0.2) is 0 Å². The molecular formula is C9H17NO3. The van der Waals surface area contributed by atoms with Gasteiger partial charge >= 0.3 is 0 Å². The van der Waals surface area contributed by atoms with Gasteiger partial charge in [0.15, 0.2) is 0 Å². The molecule has 1 aliphatic rings. The van der Waals surface area contributed by atoms with Gasteiger partial charge in [0.2, 0.25) is 0 Å². The summed E-state index contributed by atoms with van der Waals surface area (Å²) in [5.74, 6) is 2.30. The standard InChI is InChI=1S/C9H17NO3/c1-4-7-8(5-13-10(11)12)9(7)6(2)3/h6-9H,4-5H2,1-3H3. The lowest BCUT2D eigenvalue weighted by molar-refractivity contribution is -0.758. The van der Waals surface area contributed by atoms with E-state index < -0.39 is 5.09 Å². The fraction of sp³-hybridized carbons (Fsp3) is 1.00. The Hall–Kier alpha value is -0.800. The molecule has 0 bridgehead atoms. The van der Waals surface area contributed by atoms with E-state index in [4.69, 9.17) is 0 Å². The Kier molecular flexibility index (Phi) is 3.12. The maximum absolute atomic E-state index is 9.99. The van der Waals surface area contributed by atoms with E-state index in [0.717, 1.165) is 6.42 Å². The summed E-state index contributed by atoms with van der Waals surface area (Å²) in [5.41, 5.74) is 0. The lowest BCUT2D eigenvalue weighted by atomic mass is 10.1. The average Bonchev–Trinajstić information content (AvgIpc) is 2.73. The SMILES string of the molecule is CCC1C(CO[N+](=O)[O-])C1C(C)C. The van der Waals surface area contributed by atoms with Crippen molar-refractivity contribution in [1.82, 2.24) is 0 Å². The van der Waals surface area contributed by atoms with Crippen molar-refractivity contribution < 1.29 is 9.92 Å². The zero-order valence-corrected chi connectivity index (χ0v) is 8.40. The van der Waals surface area contributed by atoms with Crippen LogP contribution in [0, 0.1) is 33.8 Å². The van der Waals surface area contributed by atoms with Crippen LogP contribution in [0.4, 0.5) is 0 Å². The molecule has 0 saturated heterocycles. The summed E-state index contributed by atoms with van der Waals surface area (Å²) in [7, 11) is 0. The zero-order valence-electron chi connectivity index (χ0n) is 8.40. The molecule has 0 N–H and O–H groups in total. The molecule has 0 aromatic carbocycles. The first-order chi connectivity index (χ1) is 6.07. The summed E-state index contributed by atoms with van der Waals surface area (Å²) >= 11 is 0. The molecule has 3 atom stereocenters. The van der Waals surface area contributed by atoms with Gasteiger partial charge in [-0.3, -0.25) is 0 Å². The van der Waals surface area contributed by atoms with Gasteiger partial charge in [0.05, 0.1) is 6.61 Å². The van der Waals surface area contributed by atoms with E-state index in [2.05, 4.69) is 25.6 Å². The normalized spacial score (nSPS) is 31.8. The van der Waals surface area contributed by atoms with Gasteiger partial charge in [-0.05, 0) is 23.7 Å². The van der Waals surface area contributed by atoms with Crippen molar-refractivity contribution in [2.75, 3.05) is 6.61 Å². The zero-order chi connectivity index (χ0) is 10.0. The van der Waals surface area contributed by atoms with Crippen molar-refractivity contribution in [3.05, 3.63) is 10.1 Å². The molecule has 13 heavy (non-hydrogen) atoms. The van der Waals surface area contributed by atoms with Gasteiger partial charge in [-0.2, -0.15) is 0 Å². The highest BCUT2D eigenvalue weighted by Crippen LogP contribution is 2.52. The van der Waals surface area contributed by atoms with Gasteiger partial charge in [-0.15, -0.1) is 10.1 Å². The van der Waals surface area contributed by atoms with Gasteiger partial charge in [-0.25, -0.2) is 0 Å². The van der Waals surface area contributed by atoms with E-state index in [9.17, 15) is 10.1 Å². The van der Waals surface area contributed by atoms with Gasteiger partial charge in [0.1, 0.15) is 0 Å². The summed E-state index contributed by atoms with van der Waals surface area (Å²) < 4.78 is 0. The minimum atomic E-state index is -0.692. The van der Waals surface area contributed by atoms with Crippen molar-refractivity contribution in [2.24, 2.45) is 23.7 Å². The molecule has 0 radical (unpaired) electrons. The number of nitrogens with zero attached hydrogens (tertiary/aromatic N) is 1. The third-order valence-electron chi connectivity index (χ3n) is 3.01. The van der Waals surface area contributed by atoms with E-state index in [1.165, 1.54) is 0 Å². The quantitative estimate of drug-likeness (QED) is 0.489. The van der Waals surface area contributed by atoms with E-state index >= 15 is 0 Å². The lowest BCUT2D eigenvalue weighted by Crippen LogP contribution is -2.06. The molecule has 0 aliphatic heterocycles. The predicted octanol–water partition coefficient (Wildman–Crippen LogP) is 2.12. The molecule has 1 rings (SSSR count). The molecule has 1 saturated carbocycles. The highest BCUT2D eigenvalue weighted by atomic mass is 16.9. The minimum absolute atomic E-state index is 0.286. The van der Waals surface area contributed by atoms with E-state index in [1.807, 2.05) is 0 Å². The second-order valence-electron chi connectivity index (χ2n) is 4.08. The Morgan fingerprint density at radius 2 is 2.08 bits per heavy atom. The summed E-state index contributed by atoms with van der Waals surface area (Å²) in [6.07, 6.45) is 1.11. The fourth-order valence-electron chi connectivity index (χ4n) is 2.42. The molecular weight excluding hydrogens is 170 g/mol. The van der Waals surface area contributed by atoms with Crippen molar-refractivity contribution >= 4 is 0 Å². The molecule has 0 amide bonds. The summed E-state index contributed by atoms with van der Waals surface area (Å²) in [6.45, 7) is 6.75. The second kappa shape index (κ2) is 3.94. The maximum Gasteiger partial charge on any atom is 0.294 e. The number of hydrogen-bond acceptors (Lipinski definition) is 3. The van der Waals surface area contributed by atoms with Gasteiger partial charge in [0.25, 0.3) is 5.09 Å². The Balaban J connectivity index is 2.31. The first-order valence-corrected chi connectivity index (χ1v) is 4.85. The highest BCUT2D eigenvalue weighted by Gasteiger charge is 2.50. The van der Waals surface area contributed by atoms with Gasteiger partial charge < -0.3 is 4.84 Å². The molecule has 0 aromatic heterocycles. The van der Waals surface area contributed by atoms with Gasteiger partial charge in [0, 0.05) is 0 Å². The fourth-order valence-corrected chi connectivity index (χ4v) is 2.42. The summed E-state index contributed by atoms with van der Waals surface area (Å²) in [6, 6.07) is 0. The Morgan fingerprint density at radius 3 is 2.38 bits per heavy atom. The van der Waals surface area contributed by atoms with Crippen LogP contribution < -0.4 is 0 Å². The summed E-state index contributed by atoms with van der Waals surface area (Å²) in [5, 5.41) is 9.29. The molecule has 0 heterocycles. The smallest absolute Gasteiger partial charge is 0.294 e. The molecule has 1 aliphatic carbocycles.